The van der Waals surface area contributed by atoms with E-state index in [9.17, 15) is 4.79 Å². The van der Waals surface area contributed by atoms with Crippen LogP contribution in [0.4, 0.5) is 0 Å². The summed E-state index contributed by atoms with van der Waals surface area (Å²) in [4.78, 5) is 14.8. The molecule has 2 saturated carbocycles. The molecular formula is C17H20Cl2N2O. The minimum atomic E-state index is -0.0794. The number of carbonyl (C=O) groups excluding carboxylic acids is 1. The fourth-order valence-electron chi connectivity index (χ4n) is 3.85. The van der Waals surface area contributed by atoms with Crippen LogP contribution in [0.15, 0.2) is 18.2 Å². The van der Waals surface area contributed by atoms with E-state index in [1.165, 1.54) is 32.5 Å². The maximum atomic E-state index is 12.2. The first-order chi connectivity index (χ1) is 10.6. The van der Waals surface area contributed by atoms with E-state index in [-0.39, 0.29) is 5.91 Å². The molecule has 0 bridgehead atoms. The molecule has 1 saturated heterocycles. The number of carbonyl (C=O) groups is 1. The number of fused-ring (bicyclic) bond motifs is 1. The molecule has 1 aliphatic heterocycles. The Balaban J connectivity index is 1.25. The van der Waals surface area contributed by atoms with Gasteiger partial charge in [0.05, 0.1) is 0 Å². The largest absolute Gasteiger partial charge is 0.352 e. The standard InChI is InChI=1S/C17H20Cl2N2O/c18-12-3-11(4-13(19)5-12)17(22)20-6-14-15-8-21(9-16(14)15)7-10-1-2-10/h3-5,10,14-16H,1-2,6-9H2,(H,20,22)/t14?,15-,16+. The Morgan fingerprint density at radius 2 is 1.77 bits per heavy atom. The van der Waals surface area contributed by atoms with Crippen LogP contribution in [0, 0.1) is 23.7 Å². The van der Waals surface area contributed by atoms with Crippen LogP contribution in [0.5, 0.6) is 0 Å². The van der Waals surface area contributed by atoms with Crippen LogP contribution < -0.4 is 5.32 Å². The molecule has 4 rings (SSSR count). The van der Waals surface area contributed by atoms with Crippen molar-refractivity contribution in [3.05, 3.63) is 33.8 Å². The number of hydrogen-bond acceptors (Lipinski definition) is 2. The average Bonchev–Trinajstić information content (AvgIpc) is 3.34. The molecule has 1 aromatic rings. The van der Waals surface area contributed by atoms with Gasteiger partial charge < -0.3 is 10.2 Å². The molecule has 3 fully saturated rings. The summed E-state index contributed by atoms with van der Waals surface area (Å²) in [6.45, 7) is 4.53. The molecule has 3 atom stereocenters. The highest BCUT2D eigenvalue weighted by Crippen LogP contribution is 2.51. The smallest absolute Gasteiger partial charge is 0.251 e. The van der Waals surface area contributed by atoms with E-state index in [1.807, 2.05) is 0 Å². The highest BCUT2D eigenvalue weighted by molar-refractivity contribution is 6.35. The summed E-state index contributed by atoms with van der Waals surface area (Å²) < 4.78 is 0. The Kier molecular flexibility index (Phi) is 3.83. The molecule has 1 heterocycles. The highest BCUT2D eigenvalue weighted by atomic mass is 35.5. The van der Waals surface area contributed by atoms with Crippen molar-refractivity contribution < 1.29 is 4.79 Å². The summed E-state index contributed by atoms with van der Waals surface area (Å²) in [5.74, 6) is 3.14. The normalized spacial score (nSPS) is 30.2. The number of amides is 1. The summed E-state index contributed by atoms with van der Waals surface area (Å²) in [7, 11) is 0. The second-order valence-corrected chi connectivity index (χ2v) is 7.89. The van der Waals surface area contributed by atoms with Crippen LogP contribution in [-0.4, -0.2) is 37.0 Å². The molecule has 3 aliphatic rings. The van der Waals surface area contributed by atoms with Gasteiger partial charge >= 0.3 is 0 Å². The van der Waals surface area contributed by atoms with Crippen LogP contribution in [0.1, 0.15) is 23.2 Å². The third kappa shape index (κ3) is 3.12. The van der Waals surface area contributed by atoms with E-state index in [2.05, 4.69) is 10.2 Å². The van der Waals surface area contributed by atoms with Gasteiger partial charge in [0.15, 0.2) is 0 Å². The topological polar surface area (TPSA) is 32.3 Å². The van der Waals surface area contributed by atoms with Gasteiger partial charge in [-0.2, -0.15) is 0 Å². The zero-order valence-electron chi connectivity index (χ0n) is 12.4. The SMILES string of the molecule is O=C(NCC1[C@H]2CN(CC3CC3)C[C@@H]12)c1cc(Cl)cc(Cl)c1. The predicted molar refractivity (Wildman–Crippen MR) is 88.4 cm³/mol. The Morgan fingerprint density at radius 1 is 1.14 bits per heavy atom. The molecule has 1 N–H and O–H groups in total. The summed E-state index contributed by atoms with van der Waals surface area (Å²) in [5, 5.41) is 4.03. The number of rotatable bonds is 5. The fraction of sp³-hybridized carbons (Fsp3) is 0.588. The Bertz CT molecular complexity index is 570. The van der Waals surface area contributed by atoms with Crippen molar-refractivity contribution >= 4 is 29.1 Å². The van der Waals surface area contributed by atoms with Crippen LogP contribution in [-0.2, 0) is 0 Å². The zero-order chi connectivity index (χ0) is 15.3. The number of nitrogens with zero attached hydrogens (tertiary/aromatic N) is 1. The molecule has 5 heteroatoms. The van der Waals surface area contributed by atoms with Crippen molar-refractivity contribution in [2.24, 2.45) is 23.7 Å². The number of nitrogens with one attached hydrogen (secondary N) is 1. The van der Waals surface area contributed by atoms with Crippen LogP contribution in [0.25, 0.3) is 0 Å². The van der Waals surface area contributed by atoms with E-state index < -0.39 is 0 Å². The lowest BCUT2D eigenvalue weighted by atomic mass is 10.2. The minimum absolute atomic E-state index is 0.0794. The predicted octanol–water partition coefficient (Wildman–Crippen LogP) is 3.31. The van der Waals surface area contributed by atoms with Gasteiger partial charge in [-0.1, -0.05) is 23.2 Å². The molecule has 22 heavy (non-hydrogen) atoms. The Morgan fingerprint density at radius 3 is 2.36 bits per heavy atom. The summed E-state index contributed by atoms with van der Waals surface area (Å²) in [6.07, 6.45) is 2.85. The van der Waals surface area contributed by atoms with Crippen LogP contribution in [0.3, 0.4) is 0 Å². The van der Waals surface area contributed by atoms with Crippen molar-refractivity contribution in [2.75, 3.05) is 26.2 Å². The second-order valence-electron chi connectivity index (χ2n) is 7.02. The number of piperidine rings is 1. The van der Waals surface area contributed by atoms with E-state index in [4.69, 9.17) is 23.2 Å². The van der Waals surface area contributed by atoms with Crippen molar-refractivity contribution in [1.29, 1.82) is 0 Å². The molecule has 2 aliphatic carbocycles. The Labute approximate surface area is 141 Å². The number of halogens is 2. The first kappa shape index (κ1) is 14.8. The van der Waals surface area contributed by atoms with Gasteiger partial charge in [0, 0.05) is 41.8 Å². The quantitative estimate of drug-likeness (QED) is 0.893. The maximum absolute atomic E-state index is 12.2. The molecular weight excluding hydrogens is 319 g/mol. The summed E-state index contributed by atoms with van der Waals surface area (Å²) in [6, 6.07) is 4.96. The number of likely N-dealkylation sites (tertiary alicyclic amines) is 1. The third-order valence-electron chi connectivity index (χ3n) is 5.28. The molecule has 1 aromatic carbocycles. The van der Waals surface area contributed by atoms with E-state index in [1.54, 1.807) is 18.2 Å². The lowest BCUT2D eigenvalue weighted by molar-refractivity contribution is 0.0949. The molecule has 3 nitrogen and oxygen atoms in total. The first-order valence-electron chi connectivity index (χ1n) is 8.07. The third-order valence-corrected chi connectivity index (χ3v) is 5.72. The lowest BCUT2D eigenvalue weighted by Crippen LogP contribution is -2.31. The van der Waals surface area contributed by atoms with E-state index >= 15 is 0 Å². The summed E-state index contributed by atoms with van der Waals surface area (Å²) >= 11 is 11.9. The molecule has 0 radical (unpaired) electrons. The number of hydrogen-bond donors (Lipinski definition) is 1. The van der Waals surface area contributed by atoms with Crippen LogP contribution in [0.2, 0.25) is 10.0 Å². The highest BCUT2D eigenvalue weighted by Gasteiger charge is 2.55. The van der Waals surface area contributed by atoms with Crippen molar-refractivity contribution in [2.45, 2.75) is 12.8 Å². The van der Waals surface area contributed by atoms with Gasteiger partial charge in [0.1, 0.15) is 0 Å². The van der Waals surface area contributed by atoms with Gasteiger partial charge in [-0.3, -0.25) is 4.79 Å². The van der Waals surface area contributed by atoms with E-state index in [0.29, 0.717) is 21.5 Å². The molecule has 0 aromatic heterocycles. The fourth-order valence-corrected chi connectivity index (χ4v) is 4.38. The van der Waals surface area contributed by atoms with Crippen LogP contribution >= 0.6 is 23.2 Å². The molecule has 118 valence electrons. The lowest BCUT2D eigenvalue weighted by Gasteiger charge is -2.19. The van der Waals surface area contributed by atoms with Gasteiger partial charge in [-0.05, 0) is 54.7 Å². The molecule has 1 amide bonds. The van der Waals surface area contributed by atoms with Crippen molar-refractivity contribution in [1.82, 2.24) is 10.2 Å². The summed E-state index contributed by atoms with van der Waals surface area (Å²) in [5.41, 5.74) is 0.540. The van der Waals surface area contributed by atoms with E-state index in [0.717, 1.165) is 24.3 Å². The van der Waals surface area contributed by atoms with Gasteiger partial charge in [-0.25, -0.2) is 0 Å². The van der Waals surface area contributed by atoms with Crippen molar-refractivity contribution in [3.63, 3.8) is 0 Å². The minimum Gasteiger partial charge on any atom is -0.352 e. The molecule has 0 spiro atoms. The van der Waals surface area contributed by atoms with Gasteiger partial charge in [-0.15, -0.1) is 0 Å². The van der Waals surface area contributed by atoms with Crippen molar-refractivity contribution in [3.8, 4) is 0 Å². The second kappa shape index (κ2) is 5.70. The molecule has 1 unspecified atom stereocenters. The first-order valence-corrected chi connectivity index (χ1v) is 8.82. The Hall–Kier alpha value is -0.770. The zero-order valence-corrected chi connectivity index (χ0v) is 13.9. The average molecular weight is 339 g/mol. The van der Waals surface area contributed by atoms with Gasteiger partial charge in [0.25, 0.3) is 5.91 Å². The monoisotopic (exact) mass is 338 g/mol. The maximum Gasteiger partial charge on any atom is 0.251 e. The number of benzene rings is 1. The van der Waals surface area contributed by atoms with Gasteiger partial charge in [0.2, 0.25) is 0 Å².